The third kappa shape index (κ3) is 4.46. The summed E-state index contributed by atoms with van der Waals surface area (Å²) < 4.78 is 19.0. The number of carbonyl (C=O) groups is 2. The van der Waals surface area contributed by atoms with Crippen LogP contribution in [0.5, 0.6) is 0 Å². The van der Waals surface area contributed by atoms with E-state index in [1.165, 1.54) is 24.3 Å². The molecule has 1 aliphatic carbocycles. The highest BCUT2D eigenvalue weighted by atomic mass is 19.1. The first-order valence-corrected chi connectivity index (χ1v) is 10.5. The molecule has 0 spiro atoms. The molecule has 0 saturated heterocycles. The van der Waals surface area contributed by atoms with E-state index in [2.05, 4.69) is 15.8 Å². The van der Waals surface area contributed by atoms with Crippen molar-refractivity contribution in [1.82, 2.24) is 5.43 Å². The Hall–Kier alpha value is -3.74. The summed E-state index contributed by atoms with van der Waals surface area (Å²) in [5, 5.41) is 7.20. The molecule has 0 aliphatic heterocycles. The van der Waals surface area contributed by atoms with Crippen molar-refractivity contribution in [2.45, 2.75) is 40.0 Å². The third-order valence-electron chi connectivity index (χ3n) is 5.41. The lowest BCUT2D eigenvalue weighted by molar-refractivity contribution is 0.0953. The van der Waals surface area contributed by atoms with Gasteiger partial charge in [0.15, 0.2) is 5.76 Å². The fraction of sp³-hybridized carbons (Fsp3) is 0.240. The zero-order valence-corrected chi connectivity index (χ0v) is 18.2. The predicted octanol–water partition coefficient (Wildman–Crippen LogP) is 5.07. The third-order valence-corrected chi connectivity index (χ3v) is 5.41. The summed E-state index contributed by atoms with van der Waals surface area (Å²) in [6.07, 6.45) is 2.14. The van der Waals surface area contributed by atoms with Gasteiger partial charge in [0, 0.05) is 28.8 Å². The van der Waals surface area contributed by atoms with Gasteiger partial charge in [-0.05, 0) is 81.1 Å². The Balaban J connectivity index is 1.57. The number of anilines is 1. The lowest BCUT2D eigenvalue weighted by Gasteiger charge is -2.13. The fourth-order valence-electron chi connectivity index (χ4n) is 4.02. The summed E-state index contributed by atoms with van der Waals surface area (Å²) in [6, 6.07) is 11.1. The summed E-state index contributed by atoms with van der Waals surface area (Å²) in [4.78, 5) is 25.3. The number of benzene rings is 2. The van der Waals surface area contributed by atoms with Gasteiger partial charge in [-0.1, -0.05) is 6.07 Å². The maximum absolute atomic E-state index is 13.1. The second-order valence-electron chi connectivity index (χ2n) is 8.04. The van der Waals surface area contributed by atoms with Crippen molar-refractivity contribution in [3.63, 3.8) is 0 Å². The van der Waals surface area contributed by atoms with E-state index in [0.717, 1.165) is 23.1 Å². The molecular weight excluding hydrogens is 409 g/mol. The highest BCUT2D eigenvalue weighted by Crippen LogP contribution is 2.30. The topological polar surface area (TPSA) is 83.7 Å². The Morgan fingerprint density at radius 1 is 0.969 bits per heavy atom. The standard InChI is InChI=1S/C25H24FN3O3/c1-14-11-15(2)13-19(12-14)27-25(31)23-16(3)22-20(5-4-6-21(22)32-23)28-29-24(30)17-7-9-18(26)10-8-17/h7-13H,4-6H2,1-3H3,(H,27,31)(H,29,30)/b28-20+. The maximum atomic E-state index is 13.1. The molecule has 2 aromatic carbocycles. The van der Waals surface area contributed by atoms with Gasteiger partial charge in [-0.3, -0.25) is 9.59 Å². The van der Waals surface area contributed by atoms with Gasteiger partial charge >= 0.3 is 0 Å². The Bertz CT molecular complexity index is 1210. The number of aryl methyl sites for hydroxylation is 3. The number of amides is 2. The van der Waals surface area contributed by atoms with Crippen molar-refractivity contribution in [2.75, 3.05) is 5.32 Å². The van der Waals surface area contributed by atoms with Gasteiger partial charge in [0.05, 0.1) is 5.71 Å². The first kappa shape index (κ1) is 21.5. The highest BCUT2D eigenvalue weighted by molar-refractivity contribution is 6.09. The van der Waals surface area contributed by atoms with Crippen LogP contribution in [0.1, 0.15) is 61.8 Å². The Morgan fingerprint density at radius 2 is 1.66 bits per heavy atom. The molecule has 6 nitrogen and oxygen atoms in total. The van der Waals surface area contributed by atoms with Crippen LogP contribution in [0.3, 0.4) is 0 Å². The SMILES string of the molecule is Cc1cc(C)cc(NC(=O)c2oc3c(c2C)/C(=N/NC(=O)c2ccc(F)cc2)CCC3)c1. The molecule has 7 heteroatoms. The Morgan fingerprint density at radius 3 is 2.34 bits per heavy atom. The number of furan rings is 1. The average molecular weight is 433 g/mol. The van der Waals surface area contributed by atoms with E-state index in [1.54, 1.807) is 0 Å². The van der Waals surface area contributed by atoms with E-state index in [0.29, 0.717) is 41.1 Å². The molecule has 3 aromatic rings. The molecule has 2 N–H and O–H groups in total. The van der Waals surface area contributed by atoms with E-state index in [4.69, 9.17) is 4.42 Å². The van der Waals surface area contributed by atoms with Gasteiger partial charge in [-0.2, -0.15) is 5.10 Å². The van der Waals surface area contributed by atoms with Crippen LogP contribution in [-0.4, -0.2) is 17.5 Å². The smallest absolute Gasteiger partial charge is 0.291 e. The van der Waals surface area contributed by atoms with Gasteiger partial charge in [0.25, 0.3) is 11.8 Å². The van der Waals surface area contributed by atoms with Gasteiger partial charge < -0.3 is 9.73 Å². The molecule has 4 rings (SSSR count). The van der Waals surface area contributed by atoms with Crippen LogP contribution in [0, 0.1) is 26.6 Å². The molecular formula is C25H24FN3O3. The molecule has 0 saturated carbocycles. The molecule has 164 valence electrons. The number of hydrogen-bond donors (Lipinski definition) is 2. The van der Waals surface area contributed by atoms with Gasteiger partial charge in [0.1, 0.15) is 11.6 Å². The number of rotatable bonds is 4. The molecule has 32 heavy (non-hydrogen) atoms. The van der Waals surface area contributed by atoms with Gasteiger partial charge in [-0.25, -0.2) is 9.82 Å². The van der Waals surface area contributed by atoms with Crippen molar-refractivity contribution < 1.29 is 18.4 Å². The lowest BCUT2D eigenvalue weighted by Crippen LogP contribution is -2.22. The van der Waals surface area contributed by atoms with Crippen LogP contribution in [0.4, 0.5) is 10.1 Å². The van der Waals surface area contributed by atoms with E-state index < -0.39 is 11.7 Å². The number of hydrogen-bond acceptors (Lipinski definition) is 4. The maximum Gasteiger partial charge on any atom is 0.291 e. The summed E-state index contributed by atoms with van der Waals surface area (Å²) in [5.41, 5.74) is 7.78. The number of nitrogens with one attached hydrogen (secondary N) is 2. The second kappa shape index (κ2) is 8.78. The highest BCUT2D eigenvalue weighted by Gasteiger charge is 2.28. The monoisotopic (exact) mass is 433 g/mol. The fourth-order valence-corrected chi connectivity index (χ4v) is 4.02. The minimum atomic E-state index is -0.432. The number of carbonyl (C=O) groups excluding carboxylic acids is 2. The second-order valence-corrected chi connectivity index (χ2v) is 8.04. The van der Waals surface area contributed by atoms with E-state index in [1.807, 2.05) is 39.0 Å². The first-order valence-electron chi connectivity index (χ1n) is 10.5. The summed E-state index contributed by atoms with van der Waals surface area (Å²) in [5.74, 6) is -0.233. The number of halogens is 1. The van der Waals surface area contributed by atoms with Crippen LogP contribution in [0.2, 0.25) is 0 Å². The summed E-state index contributed by atoms with van der Waals surface area (Å²) in [7, 11) is 0. The van der Waals surface area contributed by atoms with Crippen molar-refractivity contribution in [3.8, 4) is 0 Å². The zero-order chi connectivity index (χ0) is 22.8. The molecule has 1 aliphatic rings. The minimum Gasteiger partial charge on any atom is -0.455 e. The molecule has 0 fully saturated rings. The predicted molar refractivity (Wildman–Crippen MR) is 121 cm³/mol. The van der Waals surface area contributed by atoms with Crippen LogP contribution >= 0.6 is 0 Å². The number of hydrazone groups is 1. The quantitative estimate of drug-likeness (QED) is 0.564. The minimum absolute atomic E-state index is 0.244. The van der Waals surface area contributed by atoms with Crippen LogP contribution in [0.15, 0.2) is 52.0 Å². The van der Waals surface area contributed by atoms with Crippen LogP contribution in [0.25, 0.3) is 0 Å². The van der Waals surface area contributed by atoms with E-state index in [-0.39, 0.29) is 11.7 Å². The Labute approximate surface area is 185 Å². The molecule has 1 aromatic heterocycles. The van der Waals surface area contributed by atoms with Crippen molar-refractivity contribution in [3.05, 3.63) is 87.6 Å². The largest absolute Gasteiger partial charge is 0.455 e. The van der Waals surface area contributed by atoms with Gasteiger partial charge in [-0.15, -0.1) is 0 Å². The molecule has 2 amide bonds. The van der Waals surface area contributed by atoms with Crippen LogP contribution < -0.4 is 10.7 Å². The van der Waals surface area contributed by atoms with Gasteiger partial charge in [0.2, 0.25) is 0 Å². The number of nitrogens with zero attached hydrogens (tertiary/aromatic N) is 1. The number of fused-ring (bicyclic) bond motifs is 1. The summed E-state index contributed by atoms with van der Waals surface area (Å²) >= 11 is 0. The van der Waals surface area contributed by atoms with Crippen LogP contribution in [-0.2, 0) is 6.42 Å². The molecule has 1 heterocycles. The first-order chi connectivity index (χ1) is 15.3. The van der Waals surface area contributed by atoms with Crippen molar-refractivity contribution >= 4 is 23.2 Å². The molecule has 0 unspecified atom stereocenters. The normalized spacial score (nSPS) is 14.2. The zero-order valence-electron chi connectivity index (χ0n) is 18.2. The van der Waals surface area contributed by atoms with Crippen molar-refractivity contribution in [1.29, 1.82) is 0 Å². The van der Waals surface area contributed by atoms with E-state index >= 15 is 0 Å². The Kier molecular flexibility index (Phi) is 5.90. The summed E-state index contributed by atoms with van der Waals surface area (Å²) in [6.45, 7) is 5.77. The molecule has 0 atom stereocenters. The van der Waals surface area contributed by atoms with E-state index in [9.17, 15) is 14.0 Å². The average Bonchev–Trinajstić information content (AvgIpc) is 3.09. The van der Waals surface area contributed by atoms with Crippen molar-refractivity contribution in [2.24, 2.45) is 5.10 Å². The molecule has 0 bridgehead atoms. The molecule has 0 radical (unpaired) electrons. The lowest BCUT2D eigenvalue weighted by atomic mass is 9.93.